The molecule has 1 unspecified atom stereocenters. The van der Waals surface area contributed by atoms with Gasteiger partial charge in [-0.25, -0.2) is 9.78 Å². The van der Waals surface area contributed by atoms with Gasteiger partial charge < -0.3 is 26.5 Å². The number of amidine groups is 1. The molecule has 1 fully saturated rings. The summed E-state index contributed by atoms with van der Waals surface area (Å²) in [6, 6.07) is 7.38. The number of hydrazone groups is 1. The molecular formula is C19H25ClN6O2. The number of nitrogens with zero attached hydrogens (tertiary/aromatic N) is 3. The molecule has 0 radical (unpaired) electrons. The summed E-state index contributed by atoms with van der Waals surface area (Å²) < 4.78 is 5.45. The zero-order chi connectivity index (χ0) is 20.5. The van der Waals surface area contributed by atoms with Crippen molar-refractivity contribution in [3.63, 3.8) is 0 Å². The van der Waals surface area contributed by atoms with Crippen molar-refractivity contribution in [2.75, 3.05) is 18.4 Å². The first kappa shape index (κ1) is 20.0. The van der Waals surface area contributed by atoms with E-state index in [0.29, 0.717) is 29.6 Å². The van der Waals surface area contributed by atoms with Crippen molar-refractivity contribution < 1.29 is 9.53 Å². The van der Waals surface area contributed by atoms with Crippen molar-refractivity contribution in [2.45, 2.75) is 38.8 Å². The summed E-state index contributed by atoms with van der Waals surface area (Å²) in [4.78, 5) is 18.5. The molecule has 0 aliphatic carbocycles. The molecule has 1 aromatic heterocycles. The molecule has 1 atom stereocenters. The van der Waals surface area contributed by atoms with E-state index in [1.54, 1.807) is 17.0 Å². The van der Waals surface area contributed by atoms with Gasteiger partial charge in [0, 0.05) is 24.5 Å². The maximum atomic E-state index is 12.3. The van der Waals surface area contributed by atoms with Crippen molar-refractivity contribution in [3.8, 4) is 0 Å². The van der Waals surface area contributed by atoms with Gasteiger partial charge in [0.15, 0.2) is 5.84 Å². The number of fused-ring (bicyclic) bond motifs is 1. The third kappa shape index (κ3) is 4.39. The van der Waals surface area contributed by atoms with E-state index in [2.05, 4.69) is 15.4 Å². The molecule has 150 valence electrons. The zero-order valence-corrected chi connectivity index (χ0v) is 17.0. The Hall–Kier alpha value is -2.74. The van der Waals surface area contributed by atoms with Crippen molar-refractivity contribution in [3.05, 3.63) is 35.0 Å². The molecule has 1 saturated heterocycles. The van der Waals surface area contributed by atoms with E-state index >= 15 is 0 Å². The lowest BCUT2D eigenvalue weighted by Gasteiger charge is -2.24. The molecule has 2 heterocycles. The number of pyridine rings is 1. The predicted molar refractivity (Wildman–Crippen MR) is 111 cm³/mol. The highest BCUT2D eigenvalue weighted by atomic mass is 35.5. The van der Waals surface area contributed by atoms with Gasteiger partial charge in [0.1, 0.15) is 17.1 Å². The van der Waals surface area contributed by atoms with Crippen molar-refractivity contribution in [1.82, 2.24) is 9.88 Å². The Labute approximate surface area is 168 Å². The first-order valence-corrected chi connectivity index (χ1v) is 9.43. The van der Waals surface area contributed by atoms with Crippen LogP contribution < -0.4 is 16.9 Å². The Balaban J connectivity index is 1.85. The SMILES string of the molecule is CC(C)(C)OC(=O)N1CCC(Nc2nc(C(N)=NN)cc3cccc(Cl)c23)C1. The molecular weight excluding hydrogens is 380 g/mol. The van der Waals surface area contributed by atoms with Crippen LogP contribution in [0.4, 0.5) is 10.6 Å². The number of aromatic nitrogens is 1. The number of nitrogens with one attached hydrogen (secondary N) is 1. The molecule has 1 aromatic carbocycles. The lowest BCUT2D eigenvalue weighted by atomic mass is 10.1. The molecule has 0 spiro atoms. The van der Waals surface area contributed by atoms with Gasteiger partial charge in [0.05, 0.1) is 5.02 Å². The third-order valence-electron chi connectivity index (χ3n) is 4.39. The van der Waals surface area contributed by atoms with Gasteiger partial charge in [0.2, 0.25) is 0 Å². The third-order valence-corrected chi connectivity index (χ3v) is 4.70. The van der Waals surface area contributed by atoms with Gasteiger partial charge in [-0.15, -0.1) is 0 Å². The van der Waals surface area contributed by atoms with Crippen LogP contribution in [0.2, 0.25) is 5.02 Å². The van der Waals surface area contributed by atoms with Gasteiger partial charge in [-0.3, -0.25) is 0 Å². The van der Waals surface area contributed by atoms with E-state index < -0.39 is 5.60 Å². The van der Waals surface area contributed by atoms with Gasteiger partial charge in [0.25, 0.3) is 0 Å². The summed E-state index contributed by atoms with van der Waals surface area (Å²) in [5, 5.41) is 9.16. The van der Waals surface area contributed by atoms with E-state index in [-0.39, 0.29) is 18.0 Å². The lowest BCUT2D eigenvalue weighted by Crippen LogP contribution is -2.36. The first-order chi connectivity index (χ1) is 13.2. The molecule has 1 aliphatic rings. The predicted octanol–water partition coefficient (Wildman–Crippen LogP) is 2.89. The standard InChI is InChI=1S/C19H25ClN6O2/c1-19(2,3)28-18(27)26-8-7-12(10-26)23-17-15-11(5-4-6-13(15)20)9-14(24-17)16(21)25-22/h4-6,9,12H,7-8,10,22H2,1-3H3,(H2,21,25)(H,23,24). The number of halogens is 1. The number of amides is 1. The maximum absolute atomic E-state index is 12.3. The minimum atomic E-state index is -0.526. The average Bonchev–Trinajstić information content (AvgIpc) is 3.08. The van der Waals surface area contributed by atoms with Gasteiger partial charge >= 0.3 is 6.09 Å². The Morgan fingerprint density at radius 1 is 1.43 bits per heavy atom. The average molecular weight is 405 g/mol. The summed E-state index contributed by atoms with van der Waals surface area (Å²) in [7, 11) is 0. The molecule has 5 N–H and O–H groups in total. The number of carbonyl (C=O) groups excluding carboxylic acids is 1. The van der Waals surface area contributed by atoms with E-state index in [0.717, 1.165) is 17.2 Å². The topological polar surface area (TPSA) is 119 Å². The van der Waals surface area contributed by atoms with Crippen LogP contribution in [-0.2, 0) is 4.74 Å². The summed E-state index contributed by atoms with van der Waals surface area (Å²) in [6.07, 6.45) is 0.443. The van der Waals surface area contributed by atoms with Gasteiger partial charge in [-0.1, -0.05) is 23.7 Å². The highest BCUT2D eigenvalue weighted by molar-refractivity contribution is 6.36. The summed E-state index contributed by atoms with van der Waals surface area (Å²) in [5.74, 6) is 6.03. The van der Waals surface area contributed by atoms with Crippen LogP contribution in [-0.4, -0.2) is 46.5 Å². The number of anilines is 1. The second-order valence-electron chi connectivity index (χ2n) is 7.76. The monoisotopic (exact) mass is 404 g/mol. The van der Waals surface area contributed by atoms with Crippen LogP contribution in [0.15, 0.2) is 29.4 Å². The van der Waals surface area contributed by atoms with Crippen LogP contribution in [0.25, 0.3) is 10.8 Å². The number of likely N-dealkylation sites (tertiary alicyclic amines) is 1. The fourth-order valence-electron chi connectivity index (χ4n) is 3.13. The van der Waals surface area contributed by atoms with Crippen molar-refractivity contribution in [1.29, 1.82) is 0 Å². The molecule has 3 rings (SSSR count). The molecule has 8 nitrogen and oxygen atoms in total. The number of ether oxygens (including phenoxy) is 1. The summed E-state index contributed by atoms with van der Waals surface area (Å²) in [5.41, 5.74) is 5.79. The molecule has 0 saturated carbocycles. The largest absolute Gasteiger partial charge is 0.444 e. The van der Waals surface area contributed by atoms with E-state index in [1.807, 2.05) is 32.9 Å². The van der Waals surface area contributed by atoms with Gasteiger partial charge in [-0.2, -0.15) is 5.10 Å². The van der Waals surface area contributed by atoms with Crippen molar-refractivity contribution in [2.24, 2.45) is 16.7 Å². The Bertz CT molecular complexity index is 925. The Morgan fingerprint density at radius 3 is 2.86 bits per heavy atom. The summed E-state index contributed by atoms with van der Waals surface area (Å²) in [6.45, 7) is 6.66. The van der Waals surface area contributed by atoms with Crippen LogP contribution in [0.1, 0.15) is 32.9 Å². The second kappa shape index (κ2) is 7.71. The fourth-order valence-corrected chi connectivity index (χ4v) is 3.40. The number of rotatable bonds is 3. The minimum Gasteiger partial charge on any atom is -0.444 e. The molecule has 2 aromatic rings. The van der Waals surface area contributed by atoms with Crippen LogP contribution in [0, 0.1) is 0 Å². The number of carbonyl (C=O) groups is 1. The molecule has 1 amide bonds. The van der Waals surface area contributed by atoms with E-state index in [9.17, 15) is 4.79 Å². The van der Waals surface area contributed by atoms with Crippen LogP contribution in [0.3, 0.4) is 0 Å². The van der Waals surface area contributed by atoms with Crippen LogP contribution >= 0.6 is 11.6 Å². The first-order valence-electron chi connectivity index (χ1n) is 9.05. The second-order valence-corrected chi connectivity index (χ2v) is 8.17. The highest BCUT2D eigenvalue weighted by Crippen LogP contribution is 2.31. The normalized spacial score (nSPS) is 17.8. The quantitative estimate of drug-likeness (QED) is 0.313. The number of hydrogen-bond acceptors (Lipinski definition) is 6. The van der Waals surface area contributed by atoms with Crippen molar-refractivity contribution >= 4 is 40.1 Å². The lowest BCUT2D eigenvalue weighted by molar-refractivity contribution is 0.0293. The van der Waals surface area contributed by atoms with E-state index in [1.165, 1.54) is 0 Å². The Morgan fingerprint density at radius 2 is 2.18 bits per heavy atom. The molecule has 1 aliphatic heterocycles. The highest BCUT2D eigenvalue weighted by Gasteiger charge is 2.30. The van der Waals surface area contributed by atoms with Crippen LogP contribution in [0.5, 0.6) is 0 Å². The van der Waals surface area contributed by atoms with E-state index in [4.69, 9.17) is 27.9 Å². The fraction of sp³-hybridized carbons (Fsp3) is 0.421. The molecule has 28 heavy (non-hydrogen) atoms. The van der Waals surface area contributed by atoms with Gasteiger partial charge in [-0.05, 0) is 44.7 Å². The minimum absolute atomic E-state index is 0.00535. The molecule has 0 bridgehead atoms. The maximum Gasteiger partial charge on any atom is 0.410 e. The number of benzene rings is 1. The Kier molecular flexibility index (Phi) is 5.51. The zero-order valence-electron chi connectivity index (χ0n) is 16.2. The molecule has 9 heteroatoms. The number of nitrogens with two attached hydrogens (primary N) is 2. The smallest absolute Gasteiger partial charge is 0.410 e. The summed E-state index contributed by atoms with van der Waals surface area (Å²) >= 11 is 6.41. The number of hydrogen-bond donors (Lipinski definition) is 3.